The number of nitrogens with one attached hydrogen (secondary N) is 1. The summed E-state index contributed by atoms with van der Waals surface area (Å²) in [7, 11) is 1.69. The maximum Gasteiger partial charge on any atom is 0.222 e. The predicted molar refractivity (Wildman–Crippen MR) is 108 cm³/mol. The van der Waals surface area contributed by atoms with Crippen molar-refractivity contribution in [3.8, 4) is 5.75 Å². The average molecular weight is 375 g/mol. The minimum absolute atomic E-state index is 0.0148. The van der Waals surface area contributed by atoms with E-state index >= 15 is 0 Å². The Labute approximate surface area is 163 Å². The molecule has 1 aromatic carbocycles. The van der Waals surface area contributed by atoms with E-state index < -0.39 is 0 Å². The molecule has 0 spiro atoms. The molecule has 1 heterocycles. The number of likely N-dealkylation sites (tertiary alicyclic amines) is 1. The number of amides is 2. The number of carbonyl (C=O) groups excluding carboxylic acids is 2. The van der Waals surface area contributed by atoms with Crippen LogP contribution in [0.15, 0.2) is 24.3 Å². The summed E-state index contributed by atoms with van der Waals surface area (Å²) in [5.41, 5.74) is 1.36. The van der Waals surface area contributed by atoms with Gasteiger partial charge in [0.2, 0.25) is 11.8 Å². The number of benzene rings is 1. The fourth-order valence-corrected chi connectivity index (χ4v) is 3.63. The van der Waals surface area contributed by atoms with E-state index in [1.807, 2.05) is 17.0 Å². The average Bonchev–Trinajstić information content (AvgIpc) is 2.69. The Hall–Kier alpha value is -2.04. The second kappa shape index (κ2) is 11.6. The van der Waals surface area contributed by atoms with E-state index in [-0.39, 0.29) is 5.91 Å². The van der Waals surface area contributed by atoms with Crippen LogP contribution in [0, 0.1) is 5.92 Å². The predicted octanol–water partition coefficient (Wildman–Crippen LogP) is 3.56. The molecule has 0 aliphatic carbocycles. The normalized spacial score (nSPS) is 14.8. The third-order valence-corrected chi connectivity index (χ3v) is 5.41. The lowest BCUT2D eigenvalue weighted by Gasteiger charge is -2.32. The summed E-state index contributed by atoms with van der Waals surface area (Å²) >= 11 is 0. The molecule has 0 aromatic heterocycles. The number of aryl methyl sites for hydroxylation is 1. The van der Waals surface area contributed by atoms with E-state index in [1.54, 1.807) is 7.11 Å². The second-order valence-corrected chi connectivity index (χ2v) is 7.50. The summed E-state index contributed by atoms with van der Waals surface area (Å²) in [6.45, 7) is 4.04. The Balaban J connectivity index is 1.57. The van der Waals surface area contributed by atoms with Gasteiger partial charge in [-0.15, -0.1) is 0 Å². The Kier molecular flexibility index (Phi) is 9.16. The molecule has 2 amide bonds. The molecule has 0 atom stereocenters. The van der Waals surface area contributed by atoms with E-state index in [9.17, 15) is 9.59 Å². The van der Waals surface area contributed by atoms with Crippen LogP contribution in [0.25, 0.3) is 0 Å². The molecule has 1 aliphatic heterocycles. The van der Waals surface area contributed by atoms with Gasteiger partial charge in [-0.3, -0.25) is 9.59 Å². The van der Waals surface area contributed by atoms with E-state index in [0.29, 0.717) is 24.8 Å². The van der Waals surface area contributed by atoms with Crippen LogP contribution in [-0.2, 0) is 16.0 Å². The van der Waals surface area contributed by atoms with Crippen LogP contribution in [0.1, 0.15) is 57.4 Å². The fourth-order valence-electron chi connectivity index (χ4n) is 3.63. The summed E-state index contributed by atoms with van der Waals surface area (Å²) in [6, 6.07) is 8.33. The van der Waals surface area contributed by atoms with Crippen LogP contribution in [0.5, 0.6) is 5.75 Å². The summed E-state index contributed by atoms with van der Waals surface area (Å²) in [5.74, 6) is 1.93. The molecule has 2 rings (SSSR count). The molecule has 150 valence electrons. The maximum atomic E-state index is 12.3. The molecule has 1 fully saturated rings. The Morgan fingerprint density at radius 1 is 1.11 bits per heavy atom. The third-order valence-electron chi connectivity index (χ3n) is 5.41. The lowest BCUT2D eigenvalue weighted by Crippen LogP contribution is -2.38. The lowest BCUT2D eigenvalue weighted by molar-refractivity contribution is -0.132. The van der Waals surface area contributed by atoms with Crippen LogP contribution in [0.2, 0.25) is 0 Å². The van der Waals surface area contributed by atoms with Gasteiger partial charge >= 0.3 is 0 Å². The van der Waals surface area contributed by atoms with Crippen molar-refractivity contribution in [3.05, 3.63) is 29.8 Å². The third kappa shape index (κ3) is 8.02. The zero-order valence-electron chi connectivity index (χ0n) is 16.8. The van der Waals surface area contributed by atoms with Gasteiger partial charge in [0, 0.05) is 33.0 Å². The molecule has 1 aromatic rings. The van der Waals surface area contributed by atoms with Crippen molar-refractivity contribution < 1.29 is 14.3 Å². The van der Waals surface area contributed by atoms with Gasteiger partial charge in [0.15, 0.2) is 0 Å². The molecule has 0 saturated carbocycles. The minimum Gasteiger partial charge on any atom is -0.497 e. The van der Waals surface area contributed by atoms with Gasteiger partial charge in [-0.05, 0) is 62.1 Å². The Morgan fingerprint density at radius 3 is 2.44 bits per heavy atom. The highest BCUT2D eigenvalue weighted by molar-refractivity contribution is 5.76. The molecule has 0 radical (unpaired) electrons. The summed E-state index contributed by atoms with van der Waals surface area (Å²) < 4.78 is 5.20. The number of nitrogens with zero attached hydrogens (tertiary/aromatic N) is 1. The molecule has 0 bridgehead atoms. The number of ether oxygens (including phenoxy) is 1. The van der Waals surface area contributed by atoms with E-state index in [0.717, 1.165) is 57.4 Å². The van der Waals surface area contributed by atoms with Gasteiger partial charge in [-0.1, -0.05) is 18.6 Å². The van der Waals surface area contributed by atoms with Crippen molar-refractivity contribution in [2.75, 3.05) is 26.7 Å². The van der Waals surface area contributed by atoms with Crippen molar-refractivity contribution >= 4 is 11.8 Å². The molecule has 5 heteroatoms. The number of unbranched alkanes of at least 4 members (excludes halogenated alkanes) is 2. The number of rotatable bonds is 10. The molecule has 27 heavy (non-hydrogen) atoms. The number of piperidine rings is 1. The van der Waals surface area contributed by atoms with Gasteiger partial charge < -0.3 is 15.0 Å². The Morgan fingerprint density at radius 2 is 1.81 bits per heavy atom. The number of methoxy groups -OCH3 is 1. The summed E-state index contributed by atoms with van der Waals surface area (Å²) in [6.07, 6.45) is 8.00. The van der Waals surface area contributed by atoms with Crippen LogP contribution >= 0.6 is 0 Å². The van der Waals surface area contributed by atoms with E-state index in [1.165, 1.54) is 18.9 Å². The van der Waals surface area contributed by atoms with E-state index in [4.69, 9.17) is 4.74 Å². The smallest absolute Gasteiger partial charge is 0.222 e. The molecular formula is C22H34N2O3. The monoisotopic (exact) mass is 374 g/mol. The minimum atomic E-state index is 0.0148. The van der Waals surface area contributed by atoms with Crippen molar-refractivity contribution in [3.63, 3.8) is 0 Å². The largest absolute Gasteiger partial charge is 0.497 e. The first-order valence-electron chi connectivity index (χ1n) is 10.2. The Bertz CT molecular complexity index is 578. The van der Waals surface area contributed by atoms with Crippen LogP contribution in [0.3, 0.4) is 0 Å². The highest BCUT2D eigenvalue weighted by Gasteiger charge is 2.22. The highest BCUT2D eigenvalue weighted by Crippen LogP contribution is 2.23. The first-order chi connectivity index (χ1) is 13.1. The maximum absolute atomic E-state index is 12.3. The quantitative estimate of drug-likeness (QED) is 0.637. The van der Waals surface area contributed by atoms with Crippen molar-refractivity contribution in [2.45, 2.75) is 58.3 Å². The van der Waals surface area contributed by atoms with Crippen LogP contribution in [0.4, 0.5) is 0 Å². The number of hydrogen-bond acceptors (Lipinski definition) is 3. The van der Waals surface area contributed by atoms with Crippen LogP contribution in [-0.4, -0.2) is 43.5 Å². The van der Waals surface area contributed by atoms with Crippen molar-refractivity contribution in [1.82, 2.24) is 10.2 Å². The topological polar surface area (TPSA) is 58.6 Å². The SMILES string of the molecule is COc1ccc(CCC2CCN(C(=O)CCCCCNC(C)=O)CC2)cc1. The van der Waals surface area contributed by atoms with Gasteiger partial charge in [0.1, 0.15) is 5.75 Å². The first-order valence-corrected chi connectivity index (χ1v) is 10.2. The van der Waals surface area contributed by atoms with Gasteiger partial charge in [-0.2, -0.15) is 0 Å². The number of hydrogen-bond donors (Lipinski definition) is 1. The molecule has 0 unspecified atom stereocenters. The molecule has 1 N–H and O–H groups in total. The molecule has 1 saturated heterocycles. The highest BCUT2D eigenvalue weighted by atomic mass is 16.5. The standard InChI is InChI=1S/C22H34N2O3/c1-18(25)23-15-5-3-4-6-22(26)24-16-13-20(14-17-24)8-7-19-9-11-21(27-2)12-10-19/h9-12,20H,3-8,13-17H2,1-2H3,(H,23,25). The number of carbonyl (C=O) groups is 2. The molecule has 1 aliphatic rings. The van der Waals surface area contributed by atoms with Gasteiger partial charge in [-0.25, -0.2) is 0 Å². The second-order valence-electron chi connectivity index (χ2n) is 7.50. The van der Waals surface area contributed by atoms with Crippen molar-refractivity contribution in [1.29, 1.82) is 0 Å². The first kappa shape index (κ1) is 21.3. The van der Waals surface area contributed by atoms with Gasteiger partial charge in [0.25, 0.3) is 0 Å². The zero-order chi connectivity index (χ0) is 19.5. The summed E-state index contributed by atoms with van der Waals surface area (Å²) in [4.78, 5) is 25.2. The lowest BCUT2D eigenvalue weighted by atomic mass is 9.90. The van der Waals surface area contributed by atoms with E-state index in [2.05, 4.69) is 17.4 Å². The zero-order valence-corrected chi connectivity index (χ0v) is 16.8. The fraction of sp³-hybridized carbons (Fsp3) is 0.636. The van der Waals surface area contributed by atoms with Crippen molar-refractivity contribution in [2.24, 2.45) is 5.92 Å². The van der Waals surface area contributed by atoms with Gasteiger partial charge in [0.05, 0.1) is 7.11 Å². The molecule has 5 nitrogen and oxygen atoms in total. The van der Waals surface area contributed by atoms with Crippen LogP contribution < -0.4 is 10.1 Å². The molecular weight excluding hydrogens is 340 g/mol. The summed E-state index contributed by atoms with van der Waals surface area (Å²) in [5, 5.41) is 2.79.